The van der Waals surface area contributed by atoms with Crippen molar-refractivity contribution < 1.29 is 14.3 Å². The van der Waals surface area contributed by atoms with E-state index in [0.29, 0.717) is 56.4 Å². The maximum atomic E-state index is 13.0. The van der Waals surface area contributed by atoms with Crippen LogP contribution in [0.15, 0.2) is 36.9 Å². The van der Waals surface area contributed by atoms with Gasteiger partial charge in [0.1, 0.15) is 12.4 Å². The van der Waals surface area contributed by atoms with Gasteiger partial charge in [0.2, 0.25) is 5.91 Å². The molecule has 0 aliphatic carbocycles. The molecule has 2 heterocycles. The van der Waals surface area contributed by atoms with Crippen molar-refractivity contribution in [2.75, 3.05) is 32.8 Å². The van der Waals surface area contributed by atoms with E-state index < -0.39 is 0 Å². The summed E-state index contributed by atoms with van der Waals surface area (Å²) in [4.78, 5) is 29.1. The summed E-state index contributed by atoms with van der Waals surface area (Å²) in [6.45, 7) is 6.42. The van der Waals surface area contributed by atoms with Gasteiger partial charge >= 0.3 is 0 Å². The largest absolute Gasteiger partial charge is 0.489 e. The van der Waals surface area contributed by atoms with Gasteiger partial charge in [0.05, 0.1) is 5.56 Å². The fourth-order valence-corrected chi connectivity index (χ4v) is 4.05. The minimum absolute atomic E-state index is 0.00890. The van der Waals surface area contributed by atoms with E-state index in [9.17, 15) is 9.59 Å². The first-order chi connectivity index (χ1) is 12.7. The Morgan fingerprint density at radius 1 is 1.35 bits per heavy atom. The standard InChI is InChI=1S/C20H27N3O3/c1-2-13-26-18-6-4-3-5-16(18)20(25)22-11-9-17-15(14-22)7-8-19(24)23(17)12-10-21/h2-6,15,17H,1,7-14,21H2/t15-,17+/m0/s1. The Kier molecular flexibility index (Phi) is 5.93. The molecule has 0 radical (unpaired) electrons. The Morgan fingerprint density at radius 2 is 2.15 bits per heavy atom. The van der Waals surface area contributed by atoms with Gasteiger partial charge in [0.15, 0.2) is 0 Å². The van der Waals surface area contributed by atoms with Crippen molar-refractivity contribution in [2.45, 2.75) is 25.3 Å². The number of fused-ring (bicyclic) bond motifs is 1. The molecule has 0 spiro atoms. The summed E-state index contributed by atoms with van der Waals surface area (Å²) in [6, 6.07) is 7.53. The number of nitrogens with zero attached hydrogens (tertiary/aromatic N) is 2. The lowest BCUT2D eigenvalue weighted by Crippen LogP contribution is -2.57. The minimum Gasteiger partial charge on any atom is -0.489 e. The number of carbonyl (C=O) groups is 2. The number of para-hydroxylation sites is 1. The fraction of sp³-hybridized carbons (Fsp3) is 0.500. The summed E-state index contributed by atoms with van der Waals surface area (Å²) >= 11 is 0. The van der Waals surface area contributed by atoms with Gasteiger partial charge in [-0.2, -0.15) is 0 Å². The first-order valence-corrected chi connectivity index (χ1v) is 9.27. The van der Waals surface area contributed by atoms with Crippen molar-refractivity contribution in [3.05, 3.63) is 42.5 Å². The number of hydrogen-bond donors (Lipinski definition) is 1. The molecular formula is C20H27N3O3. The van der Waals surface area contributed by atoms with Crippen LogP contribution in [0.3, 0.4) is 0 Å². The molecule has 26 heavy (non-hydrogen) atoms. The number of nitrogens with two attached hydrogens (primary N) is 1. The Hall–Kier alpha value is -2.34. The zero-order valence-electron chi connectivity index (χ0n) is 15.1. The van der Waals surface area contributed by atoms with Gasteiger partial charge in [-0.15, -0.1) is 0 Å². The van der Waals surface area contributed by atoms with Crippen LogP contribution in [-0.2, 0) is 4.79 Å². The van der Waals surface area contributed by atoms with Gasteiger partial charge < -0.3 is 20.3 Å². The molecule has 0 aromatic heterocycles. The van der Waals surface area contributed by atoms with Crippen molar-refractivity contribution >= 4 is 11.8 Å². The molecule has 2 N–H and O–H groups in total. The van der Waals surface area contributed by atoms with Crippen LogP contribution in [-0.4, -0.2) is 60.4 Å². The molecule has 2 atom stereocenters. The second-order valence-corrected chi connectivity index (χ2v) is 6.88. The summed E-state index contributed by atoms with van der Waals surface area (Å²) in [5.41, 5.74) is 6.25. The van der Waals surface area contributed by atoms with Crippen LogP contribution in [0.5, 0.6) is 5.75 Å². The lowest BCUT2D eigenvalue weighted by Gasteiger charge is -2.47. The predicted molar refractivity (Wildman–Crippen MR) is 99.9 cm³/mol. The zero-order valence-corrected chi connectivity index (χ0v) is 15.1. The molecule has 1 aromatic rings. The number of benzene rings is 1. The zero-order chi connectivity index (χ0) is 18.5. The van der Waals surface area contributed by atoms with Crippen LogP contribution in [0, 0.1) is 5.92 Å². The van der Waals surface area contributed by atoms with Crippen molar-refractivity contribution in [2.24, 2.45) is 11.7 Å². The monoisotopic (exact) mass is 357 g/mol. The topological polar surface area (TPSA) is 75.9 Å². The maximum Gasteiger partial charge on any atom is 0.257 e. The van der Waals surface area contributed by atoms with Crippen LogP contribution >= 0.6 is 0 Å². The minimum atomic E-state index is -0.00890. The maximum absolute atomic E-state index is 13.0. The quantitative estimate of drug-likeness (QED) is 0.786. The molecule has 0 bridgehead atoms. The molecular weight excluding hydrogens is 330 g/mol. The van der Waals surface area contributed by atoms with Crippen LogP contribution < -0.4 is 10.5 Å². The molecule has 6 heteroatoms. The van der Waals surface area contributed by atoms with Crippen LogP contribution in [0.2, 0.25) is 0 Å². The molecule has 2 fully saturated rings. The Labute approximate surface area is 154 Å². The average Bonchev–Trinajstić information content (AvgIpc) is 2.68. The first kappa shape index (κ1) is 18.5. The highest BCUT2D eigenvalue weighted by molar-refractivity contribution is 5.97. The van der Waals surface area contributed by atoms with Gasteiger partial charge in [0, 0.05) is 38.6 Å². The molecule has 2 amide bonds. The Bertz CT molecular complexity index is 676. The van der Waals surface area contributed by atoms with E-state index in [1.165, 1.54) is 0 Å². The second-order valence-electron chi connectivity index (χ2n) is 6.88. The fourth-order valence-electron chi connectivity index (χ4n) is 4.05. The molecule has 2 saturated heterocycles. The van der Waals surface area contributed by atoms with Gasteiger partial charge in [-0.25, -0.2) is 0 Å². The predicted octanol–water partition coefficient (Wildman–Crippen LogP) is 1.66. The third-order valence-electron chi connectivity index (χ3n) is 5.27. The van der Waals surface area contributed by atoms with E-state index >= 15 is 0 Å². The lowest BCUT2D eigenvalue weighted by molar-refractivity contribution is -0.140. The highest BCUT2D eigenvalue weighted by Crippen LogP contribution is 2.32. The third-order valence-corrected chi connectivity index (χ3v) is 5.27. The van der Waals surface area contributed by atoms with Crippen LogP contribution in [0.1, 0.15) is 29.6 Å². The van der Waals surface area contributed by atoms with Crippen molar-refractivity contribution in [3.63, 3.8) is 0 Å². The van der Waals surface area contributed by atoms with Crippen molar-refractivity contribution in [1.29, 1.82) is 0 Å². The molecule has 1 aromatic carbocycles. The normalized spacial score (nSPS) is 22.7. The number of carbonyl (C=O) groups excluding carboxylic acids is 2. The van der Waals surface area contributed by atoms with Crippen molar-refractivity contribution in [1.82, 2.24) is 9.80 Å². The highest BCUT2D eigenvalue weighted by atomic mass is 16.5. The Balaban J connectivity index is 1.72. The van der Waals surface area contributed by atoms with Gasteiger partial charge in [0.25, 0.3) is 5.91 Å². The highest BCUT2D eigenvalue weighted by Gasteiger charge is 2.40. The summed E-state index contributed by atoms with van der Waals surface area (Å²) < 4.78 is 5.64. The van der Waals surface area contributed by atoms with Gasteiger partial charge in [-0.05, 0) is 30.9 Å². The van der Waals surface area contributed by atoms with Crippen LogP contribution in [0.4, 0.5) is 0 Å². The summed E-state index contributed by atoms with van der Waals surface area (Å²) in [5.74, 6) is 1.09. The number of likely N-dealkylation sites (tertiary alicyclic amines) is 2. The first-order valence-electron chi connectivity index (χ1n) is 9.27. The van der Waals surface area contributed by atoms with E-state index in [-0.39, 0.29) is 17.9 Å². The molecule has 0 unspecified atom stereocenters. The smallest absolute Gasteiger partial charge is 0.257 e. The molecule has 0 saturated carbocycles. The SMILES string of the molecule is C=CCOc1ccccc1C(=O)N1CC[C@@H]2[C@@H](CCC(=O)N2CCN)C1. The molecule has 2 aliphatic heterocycles. The van der Waals surface area contributed by atoms with E-state index in [1.54, 1.807) is 12.1 Å². The lowest BCUT2D eigenvalue weighted by atomic mass is 9.83. The second kappa shape index (κ2) is 8.36. The Morgan fingerprint density at radius 3 is 2.92 bits per heavy atom. The van der Waals surface area contributed by atoms with Gasteiger partial charge in [-0.3, -0.25) is 9.59 Å². The van der Waals surface area contributed by atoms with Crippen molar-refractivity contribution in [3.8, 4) is 5.75 Å². The number of hydrogen-bond acceptors (Lipinski definition) is 4. The number of ether oxygens (including phenoxy) is 1. The van der Waals surface area contributed by atoms with E-state index in [0.717, 1.165) is 12.8 Å². The molecule has 140 valence electrons. The molecule has 3 rings (SSSR count). The average molecular weight is 357 g/mol. The number of amides is 2. The van der Waals surface area contributed by atoms with E-state index in [4.69, 9.17) is 10.5 Å². The summed E-state index contributed by atoms with van der Waals surface area (Å²) in [5, 5.41) is 0. The van der Waals surface area contributed by atoms with E-state index in [2.05, 4.69) is 6.58 Å². The van der Waals surface area contributed by atoms with Gasteiger partial charge in [-0.1, -0.05) is 24.8 Å². The van der Waals surface area contributed by atoms with E-state index in [1.807, 2.05) is 28.0 Å². The summed E-state index contributed by atoms with van der Waals surface area (Å²) in [6.07, 6.45) is 3.85. The molecule has 6 nitrogen and oxygen atoms in total. The number of piperidine rings is 2. The molecule has 2 aliphatic rings. The summed E-state index contributed by atoms with van der Waals surface area (Å²) in [7, 11) is 0. The van der Waals surface area contributed by atoms with Crippen LogP contribution in [0.25, 0.3) is 0 Å². The third kappa shape index (κ3) is 3.75. The number of rotatable bonds is 6.